The summed E-state index contributed by atoms with van der Waals surface area (Å²) in [7, 11) is 3.30. The van der Waals surface area contributed by atoms with Crippen LogP contribution in [-0.2, 0) is 4.79 Å². The summed E-state index contributed by atoms with van der Waals surface area (Å²) in [6.45, 7) is -0.181. The highest BCUT2D eigenvalue weighted by Gasteiger charge is 2.50. The van der Waals surface area contributed by atoms with E-state index >= 15 is 0 Å². The molecule has 0 radical (unpaired) electrons. The number of nitrogens with zero attached hydrogens (tertiary/aromatic N) is 3. The van der Waals surface area contributed by atoms with Gasteiger partial charge in [-0.25, -0.2) is 4.79 Å². The Morgan fingerprint density at radius 3 is 2.19 bits per heavy atom. The van der Waals surface area contributed by atoms with E-state index in [2.05, 4.69) is 0 Å². The number of likely N-dealkylation sites (tertiary alicyclic amines) is 2. The lowest BCUT2D eigenvalue weighted by Gasteiger charge is -2.38. The molecule has 0 aromatic heterocycles. The van der Waals surface area contributed by atoms with E-state index < -0.39 is 24.0 Å². The molecule has 3 amide bonds. The van der Waals surface area contributed by atoms with Crippen molar-refractivity contribution in [3.63, 3.8) is 0 Å². The molecule has 1 spiro atoms. The lowest BCUT2D eigenvalue weighted by Crippen LogP contribution is -2.49. The van der Waals surface area contributed by atoms with Crippen molar-refractivity contribution < 1.29 is 22.8 Å². The number of halogens is 3. The minimum Gasteiger partial charge on any atom is -0.333 e. The van der Waals surface area contributed by atoms with Crippen molar-refractivity contribution in [2.24, 2.45) is 5.41 Å². The molecule has 0 bridgehead atoms. The van der Waals surface area contributed by atoms with Gasteiger partial charge < -0.3 is 14.7 Å². The molecule has 2 saturated heterocycles. The largest absolute Gasteiger partial charge is 0.406 e. The van der Waals surface area contributed by atoms with Crippen molar-refractivity contribution in [2.75, 3.05) is 40.3 Å². The fourth-order valence-corrected chi connectivity index (χ4v) is 3.13. The minimum absolute atomic E-state index is 0.123. The Balaban J connectivity index is 1.98. The van der Waals surface area contributed by atoms with Crippen LogP contribution in [0.25, 0.3) is 0 Å². The van der Waals surface area contributed by atoms with Gasteiger partial charge in [0.05, 0.1) is 5.41 Å². The topological polar surface area (TPSA) is 43.9 Å². The quantitative estimate of drug-likeness (QED) is 0.738. The van der Waals surface area contributed by atoms with Crippen LogP contribution in [0.3, 0.4) is 0 Å². The van der Waals surface area contributed by atoms with Gasteiger partial charge in [-0.2, -0.15) is 13.2 Å². The van der Waals surface area contributed by atoms with Crippen LogP contribution < -0.4 is 0 Å². The SMILES string of the molecule is CN(C)C(=O)N1CCC2(CC1)CCN(CC(F)(F)F)C2=O. The second kappa shape index (κ2) is 5.38. The lowest BCUT2D eigenvalue weighted by molar-refractivity contribution is -0.161. The lowest BCUT2D eigenvalue weighted by atomic mass is 9.77. The van der Waals surface area contributed by atoms with E-state index in [1.54, 1.807) is 19.0 Å². The summed E-state index contributed by atoms with van der Waals surface area (Å²) >= 11 is 0. The third-order valence-corrected chi connectivity index (χ3v) is 4.34. The zero-order chi connectivity index (χ0) is 15.8. The Bertz CT molecular complexity index is 429. The smallest absolute Gasteiger partial charge is 0.333 e. The van der Waals surface area contributed by atoms with E-state index in [9.17, 15) is 22.8 Å². The summed E-state index contributed by atoms with van der Waals surface area (Å²) in [5.41, 5.74) is -0.700. The molecule has 0 atom stereocenters. The van der Waals surface area contributed by atoms with E-state index in [4.69, 9.17) is 0 Å². The molecule has 120 valence electrons. The van der Waals surface area contributed by atoms with E-state index in [1.807, 2.05) is 0 Å². The second-order valence-corrected chi connectivity index (χ2v) is 6.04. The number of amides is 3. The normalized spacial score (nSPS) is 22.0. The predicted molar refractivity (Wildman–Crippen MR) is 69.6 cm³/mol. The number of alkyl halides is 3. The highest BCUT2D eigenvalue weighted by atomic mass is 19.4. The second-order valence-electron chi connectivity index (χ2n) is 6.04. The van der Waals surface area contributed by atoms with Crippen LogP contribution in [0.2, 0.25) is 0 Å². The molecule has 0 N–H and O–H groups in total. The van der Waals surface area contributed by atoms with Crippen molar-refractivity contribution in [2.45, 2.75) is 25.4 Å². The van der Waals surface area contributed by atoms with E-state index in [-0.39, 0.29) is 12.6 Å². The fraction of sp³-hybridized carbons (Fsp3) is 0.846. The number of hydrogen-bond donors (Lipinski definition) is 0. The van der Waals surface area contributed by atoms with Crippen LogP contribution >= 0.6 is 0 Å². The summed E-state index contributed by atoms with van der Waals surface area (Å²) in [6.07, 6.45) is -3.02. The average molecular weight is 307 g/mol. The summed E-state index contributed by atoms with van der Waals surface area (Å²) in [5, 5.41) is 0. The molecule has 8 heteroatoms. The van der Waals surface area contributed by atoms with Crippen LogP contribution in [0.15, 0.2) is 0 Å². The van der Waals surface area contributed by atoms with Gasteiger partial charge in [0.1, 0.15) is 6.54 Å². The van der Waals surface area contributed by atoms with Crippen molar-refractivity contribution >= 4 is 11.9 Å². The molecule has 0 saturated carbocycles. The van der Waals surface area contributed by atoms with Gasteiger partial charge in [0.25, 0.3) is 0 Å². The number of hydrogen-bond acceptors (Lipinski definition) is 2. The first-order valence-electron chi connectivity index (χ1n) is 6.97. The van der Waals surface area contributed by atoms with Crippen molar-refractivity contribution in [1.29, 1.82) is 0 Å². The van der Waals surface area contributed by atoms with Gasteiger partial charge in [-0.3, -0.25) is 4.79 Å². The van der Waals surface area contributed by atoms with E-state index in [1.165, 1.54) is 4.90 Å². The highest BCUT2D eigenvalue weighted by Crippen LogP contribution is 2.42. The summed E-state index contributed by atoms with van der Waals surface area (Å²) in [6, 6.07) is -0.123. The highest BCUT2D eigenvalue weighted by molar-refractivity contribution is 5.85. The van der Waals surface area contributed by atoms with Crippen molar-refractivity contribution in [3.05, 3.63) is 0 Å². The Kier molecular flexibility index (Phi) is 4.08. The first-order chi connectivity index (χ1) is 9.65. The van der Waals surface area contributed by atoms with Crippen LogP contribution in [0, 0.1) is 5.41 Å². The zero-order valence-corrected chi connectivity index (χ0v) is 12.2. The monoisotopic (exact) mass is 307 g/mol. The van der Waals surface area contributed by atoms with E-state index in [0.29, 0.717) is 32.4 Å². The van der Waals surface area contributed by atoms with Crippen LogP contribution in [0.5, 0.6) is 0 Å². The molecule has 0 aromatic rings. The van der Waals surface area contributed by atoms with Gasteiger partial charge in [0.15, 0.2) is 0 Å². The molecular weight excluding hydrogens is 287 g/mol. The number of carbonyl (C=O) groups is 2. The minimum atomic E-state index is -4.36. The maximum absolute atomic E-state index is 12.4. The van der Waals surface area contributed by atoms with Crippen molar-refractivity contribution in [3.8, 4) is 0 Å². The molecule has 2 aliphatic rings. The molecule has 21 heavy (non-hydrogen) atoms. The molecule has 2 fully saturated rings. The molecule has 2 heterocycles. The Labute approximate surface area is 121 Å². The summed E-state index contributed by atoms with van der Waals surface area (Å²) < 4.78 is 37.3. The third kappa shape index (κ3) is 3.24. The molecule has 2 rings (SSSR count). The van der Waals surface area contributed by atoms with Crippen LogP contribution in [0.4, 0.5) is 18.0 Å². The van der Waals surface area contributed by atoms with Crippen LogP contribution in [-0.4, -0.2) is 73.1 Å². The van der Waals surface area contributed by atoms with Gasteiger partial charge in [0.2, 0.25) is 5.91 Å². The third-order valence-electron chi connectivity index (χ3n) is 4.34. The Hall–Kier alpha value is -1.47. The number of urea groups is 1. The maximum Gasteiger partial charge on any atom is 0.406 e. The molecule has 0 unspecified atom stereocenters. The average Bonchev–Trinajstić information content (AvgIpc) is 2.67. The first kappa shape index (κ1) is 15.9. The van der Waals surface area contributed by atoms with E-state index in [0.717, 1.165) is 4.90 Å². The fourth-order valence-electron chi connectivity index (χ4n) is 3.13. The number of carbonyl (C=O) groups excluding carboxylic acids is 2. The molecule has 2 aliphatic heterocycles. The standard InChI is InChI=1S/C13H20F3N3O2/c1-17(2)11(21)18-6-3-12(4-7-18)5-8-19(10(12)20)9-13(14,15)16/h3-9H2,1-2H3. The Morgan fingerprint density at radius 2 is 1.71 bits per heavy atom. The molecule has 0 aromatic carbocycles. The maximum atomic E-state index is 12.4. The molecule has 5 nitrogen and oxygen atoms in total. The van der Waals surface area contributed by atoms with Gasteiger partial charge >= 0.3 is 12.2 Å². The van der Waals surface area contributed by atoms with Gasteiger partial charge in [-0.15, -0.1) is 0 Å². The zero-order valence-electron chi connectivity index (χ0n) is 12.2. The predicted octanol–water partition coefficient (Wildman–Crippen LogP) is 1.54. The molecular formula is C13H20F3N3O2. The Morgan fingerprint density at radius 1 is 1.19 bits per heavy atom. The van der Waals surface area contributed by atoms with Crippen LogP contribution in [0.1, 0.15) is 19.3 Å². The summed E-state index contributed by atoms with van der Waals surface area (Å²) in [4.78, 5) is 28.1. The van der Waals surface area contributed by atoms with Crippen molar-refractivity contribution in [1.82, 2.24) is 14.7 Å². The summed E-state index contributed by atoms with van der Waals surface area (Å²) in [5.74, 6) is -0.406. The number of rotatable bonds is 1. The van der Waals surface area contributed by atoms with Gasteiger partial charge in [0, 0.05) is 33.7 Å². The number of piperidine rings is 1. The molecule has 0 aliphatic carbocycles. The van der Waals surface area contributed by atoms with Gasteiger partial charge in [-0.1, -0.05) is 0 Å². The van der Waals surface area contributed by atoms with Gasteiger partial charge in [-0.05, 0) is 19.3 Å². The first-order valence-corrected chi connectivity index (χ1v) is 6.97.